The van der Waals surface area contributed by atoms with Gasteiger partial charge in [0.15, 0.2) is 5.96 Å². The molecule has 2 fully saturated rings. The highest BCUT2D eigenvalue weighted by Gasteiger charge is 2.20. The highest BCUT2D eigenvalue weighted by Crippen LogP contribution is 2.18. The second kappa shape index (κ2) is 8.88. The Morgan fingerprint density at radius 2 is 2.04 bits per heavy atom. The topological polar surface area (TPSA) is 56.7 Å². The largest absolute Gasteiger partial charge is 0.357 e. The molecule has 0 radical (unpaired) electrons. The second-order valence-corrected chi connectivity index (χ2v) is 7.06. The van der Waals surface area contributed by atoms with E-state index >= 15 is 0 Å². The SMILES string of the molecule is CCNC(=NCc1cccc(CN2CCCC2=O)c1)NC1CCCC1. The van der Waals surface area contributed by atoms with Gasteiger partial charge in [-0.15, -0.1) is 0 Å². The van der Waals surface area contributed by atoms with E-state index in [9.17, 15) is 4.79 Å². The molecule has 0 aromatic heterocycles. The molecule has 2 N–H and O–H groups in total. The normalized spacial score (nSPS) is 18.8. The van der Waals surface area contributed by atoms with E-state index in [1.165, 1.54) is 36.8 Å². The Hall–Kier alpha value is -2.04. The molecule has 25 heavy (non-hydrogen) atoms. The van der Waals surface area contributed by atoms with E-state index in [-0.39, 0.29) is 5.91 Å². The first-order valence-electron chi connectivity index (χ1n) is 9.65. The summed E-state index contributed by atoms with van der Waals surface area (Å²) in [6.45, 7) is 5.23. The Morgan fingerprint density at radius 3 is 2.76 bits per heavy atom. The van der Waals surface area contributed by atoms with Crippen molar-refractivity contribution in [3.05, 3.63) is 35.4 Å². The Balaban J connectivity index is 1.60. The molecule has 1 aromatic rings. The van der Waals surface area contributed by atoms with Crippen molar-refractivity contribution in [1.82, 2.24) is 15.5 Å². The average molecular weight is 342 g/mol. The van der Waals surface area contributed by atoms with Crippen LogP contribution in [0.3, 0.4) is 0 Å². The Kier molecular flexibility index (Phi) is 6.31. The van der Waals surface area contributed by atoms with Crippen LogP contribution in [-0.4, -0.2) is 35.9 Å². The number of carbonyl (C=O) groups is 1. The number of aliphatic imine (C=N–C) groups is 1. The van der Waals surface area contributed by atoms with E-state index in [1.807, 2.05) is 4.90 Å². The summed E-state index contributed by atoms with van der Waals surface area (Å²) >= 11 is 0. The van der Waals surface area contributed by atoms with E-state index in [2.05, 4.69) is 41.8 Å². The molecule has 0 atom stereocenters. The molecule has 0 spiro atoms. The van der Waals surface area contributed by atoms with Gasteiger partial charge in [0.1, 0.15) is 0 Å². The molecule has 5 heteroatoms. The summed E-state index contributed by atoms with van der Waals surface area (Å²) in [6.07, 6.45) is 6.79. The van der Waals surface area contributed by atoms with Gasteiger partial charge in [0.05, 0.1) is 6.54 Å². The minimum atomic E-state index is 0.276. The van der Waals surface area contributed by atoms with Gasteiger partial charge in [-0.3, -0.25) is 4.79 Å². The number of benzene rings is 1. The molecular formula is C20H30N4O. The molecule has 0 bridgehead atoms. The summed E-state index contributed by atoms with van der Waals surface area (Å²) in [5.41, 5.74) is 2.38. The number of hydrogen-bond donors (Lipinski definition) is 2. The van der Waals surface area contributed by atoms with Gasteiger partial charge in [0.25, 0.3) is 0 Å². The molecule has 136 valence electrons. The third-order valence-corrected chi connectivity index (χ3v) is 5.00. The molecule has 3 rings (SSSR count). The highest BCUT2D eigenvalue weighted by atomic mass is 16.2. The lowest BCUT2D eigenvalue weighted by atomic mass is 10.1. The standard InChI is InChI=1S/C20H30N4O/c1-2-21-20(23-18-9-3-4-10-18)22-14-16-7-5-8-17(13-16)15-24-12-6-11-19(24)25/h5,7-8,13,18H,2-4,6,9-12,14-15H2,1H3,(H2,21,22,23). The summed E-state index contributed by atoms with van der Waals surface area (Å²) in [4.78, 5) is 18.5. The number of hydrogen-bond acceptors (Lipinski definition) is 2. The number of carbonyl (C=O) groups excluding carboxylic acids is 1. The Bertz CT molecular complexity index is 607. The third kappa shape index (κ3) is 5.21. The molecule has 1 aliphatic carbocycles. The van der Waals surface area contributed by atoms with Gasteiger partial charge >= 0.3 is 0 Å². The first-order chi connectivity index (χ1) is 12.2. The minimum Gasteiger partial charge on any atom is -0.357 e. The second-order valence-electron chi connectivity index (χ2n) is 7.06. The first kappa shape index (κ1) is 17.8. The van der Waals surface area contributed by atoms with Gasteiger partial charge in [0.2, 0.25) is 5.91 Å². The fourth-order valence-electron chi connectivity index (χ4n) is 3.67. The van der Waals surface area contributed by atoms with Crippen molar-refractivity contribution in [3.8, 4) is 0 Å². The van der Waals surface area contributed by atoms with Gasteiger partial charge in [-0.2, -0.15) is 0 Å². The van der Waals surface area contributed by atoms with E-state index < -0.39 is 0 Å². The van der Waals surface area contributed by atoms with E-state index in [0.717, 1.165) is 32.0 Å². The van der Waals surface area contributed by atoms with Gasteiger partial charge in [-0.1, -0.05) is 37.1 Å². The maximum absolute atomic E-state index is 11.8. The van der Waals surface area contributed by atoms with E-state index in [0.29, 0.717) is 19.0 Å². The molecule has 5 nitrogen and oxygen atoms in total. The predicted octanol–water partition coefficient (Wildman–Crippen LogP) is 2.81. The summed E-state index contributed by atoms with van der Waals surface area (Å²) < 4.78 is 0. The van der Waals surface area contributed by atoms with Gasteiger partial charge in [0, 0.05) is 32.1 Å². The molecule has 1 heterocycles. The lowest BCUT2D eigenvalue weighted by Crippen LogP contribution is -2.42. The monoisotopic (exact) mass is 342 g/mol. The fourth-order valence-corrected chi connectivity index (χ4v) is 3.67. The number of guanidine groups is 1. The van der Waals surface area contributed by atoms with Crippen LogP contribution in [0.1, 0.15) is 56.6 Å². The lowest BCUT2D eigenvalue weighted by Gasteiger charge is -2.17. The molecular weight excluding hydrogens is 312 g/mol. The van der Waals surface area contributed by atoms with Crippen molar-refractivity contribution in [1.29, 1.82) is 0 Å². The molecule has 2 aliphatic rings. The number of nitrogens with zero attached hydrogens (tertiary/aromatic N) is 2. The van der Waals surface area contributed by atoms with Crippen LogP contribution < -0.4 is 10.6 Å². The van der Waals surface area contributed by atoms with Crippen molar-refractivity contribution in [2.24, 2.45) is 4.99 Å². The zero-order chi connectivity index (χ0) is 17.5. The highest BCUT2D eigenvalue weighted by molar-refractivity contribution is 5.80. The lowest BCUT2D eigenvalue weighted by molar-refractivity contribution is -0.128. The quantitative estimate of drug-likeness (QED) is 0.617. The number of likely N-dealkylation sites (tertiary alicyclic amines) is 1. The van der Waals surface area contributed by atoms with E-state index in [1.54, 1.807) is 0 Å². The summed E-state index contributed by atoms with van der Waals surface area (Å²) in [5, 5.41) is 6.90. The molecule has 1 saturated heterocycles. The van der Waals surface area contributed by atoms with Crippen LogP contribution in [-0.2, 0) is 17.9 Å². The first-order valence-corrected chi connectivity index (χ1v) is 9.65. The van der Waals surface area contributed by atoms with Crippen LogP contribution in [0.5, 0.6) is 0 Å². The van der Waals surface area contributed by atoms with Crippen LogP contribution in [0.15, 0.2) is 29.3 Å². The van der Waals surface area contributed by atoms with Gasteiger partial charge in [-0.25, -0.2) is 4.99 Å². The fraction of sp³-hybridized carbons (Fsp3) is 0.600. The predicted molar refractivity (Wildman–Crippen MR) is 101 cm³/mol. The summed E-state index contributed by atoms with van der Waals surface area (Å²) in [6, 6.07) is 9.01. The Morgan fingerprint density at radius 1 is 1.24 bits per heavy atom. The van der Waals surface area contributed by atoms with Crippen LogP contribution in [0.2, 0.25) is 0 Å². The third-order valence-electron chi connectivity index (χ3n) is 5.00. The smallest absolute Gasteiger partial charge is 0.222 e. The molecule has 1 aliphatic heterocycles. The zero-order valence-electron chi connectivity index (χ0n) is 15.3. The van der Waals surface area contributed by atoms with Crippen molar-refractivity contribution in [2.75, 3.05) is 13.1 Å². The van der Waals surface area contributed by atoms with Crippen LogP contribution in [0.4, 0.5) is 0 Å². The average Bonchev–Trinajstić information content (AvgIpc) is 3.26. The number of rotatable bonds is 6. The number of amides is 1. The van der Waals surface area contributed by atoms with Crippen molar-refractivity contribution in [2.45, 2.75) is 64.6 Å². The molecule has 1 amide bonds. The molecule has 1 aromatic carbocycles. The molecule has 1 saturated carbocycles. The van der Waals surface area contributed by atoms with Crippen molar-refractivity contribution < 1.29 is 4.79 Å². The van der Waals surface area contributed by atoms with Crippen LogP contribution >= 0.6 is 0 Å². The Labute approximate surface area is 150 Å². The molecule has 0 unspecified atom stereocenters. The summed E-state index contributed by atoms with van der Waals surface area (Å²) in [7, 11) is 0. The van der Waals surface area contributed by atoms with Crippen molar-refractivity contribution in [3.63, 3.8) is 0 Å². The zero-order valence-corrected chi connectivity index (χ0v) is 15.3. The van der Waals surface area contributed by atoms with Crippen molar-refractivity contribution >= 4 is 11.9 Å². The van der Waals surface area contributed by atoms with Crippen LogP contribution in [0.25, 0.3) is 0 Å². The minimum absolute atomic E-state index is 0.276. The maximum atomic E-state index is 11.8. The van der Waals surface area contributed by atoms with Gasteiger partial charge < -0.3 is 15.5 Å². The van der Waals surface area contributed by atoms with E-state index in [4.69, 9.17) is 4.99 Å². The number of nitrogens with one attached hydrogen (secondary N) is 2. The summed E-state index contributed by atoms with van der Waals surface area (Å²) in [5.74, 6) is 1.19. The maximum Gasteiger partial charge on any atom is 0.222 e. The van der Waals surface area contributed by atoms with Gasteiger partial charge in [-0.05, 0) is 37.3 Å². The van der Waals surface area contributed by atoms with Crippen LogP contribution in [0, 0.1) is 0 Å².